The Bertz CT molecular complexity index is 822. The third-order valence-corrected chi connectivity index (χ3v) is 5.72. The molecular formula is C17H21F3N4OS. The van der Waals surface area contributed by atoms with Crippen LogP contribution in [0.1, 0.15) is 34.1 Å². The van der Waals surface area contributed by atoms with Crippen molar-refractivity contribution < 1.29 is 13.2 Å². The molecular weight excluding hydrogens is 365 g/mol. The molecule has 3 heterocycles. The highest BCUT2D eigenvalue weighted by atomic mass is 32.1. The Hall–Kier alpha value is -1.74. The van der Waals surface area contributed by atoms with Crippen LogP contribution >= 0.6 is 11.3 Å². The fraction of sp³-hybridized carbons (Fsp3) is 0.588. The van der Waals surface area contributed by atoms with Gasteiger partial charge in [-0.2, -0.15) is 18.3 Å². The number of piperidine rings is 1. The van der Waals surface area contributed by atoms with Crippen molar-refractivity contribution in [3.05, 3.63) is 43.8 Å². The van der Waals surface area contributed by atoms with Gasteiger partial charge in [0, 0.05) is 24.0 Å². The predicted molar refractivity (Wildman–Crippen MR) is 93.1 cm³/mol. The minimum absolute atomic E-state index is 0.157. The van der Waals surface area contributed by atoms with Crippen molar-refractivity contribution in [3.63, 3.8) is 0 Å². The van der Waals surface area contributed by atoms with Gasteiger partial charge in [-0.1, -0.05) is 0 Å². The van der Waals surface area contributed by atoms with Crippen LogP contribution in [0.2, 0.25) is 0 Å². The van der Waals surface area contributed by atoms with Crippen molar-refractivity contribution in [1.29, 1.82) is 0 Å². The summed E-state index contributed by atoms with van der Waals surface area (Å²) in [7, 11) is 0. The van der Waals surface area contributed by atoms with E-state index in [-0.39, 0.29) is 12.5 Å². The zero-order valence-electron chi connectivity index (χ0n) is 14.7. The first-order valence-corrected chi connectivity index (χ1v) is 9.34. The summed E-state index contributed by atoms with van der Waals surface area (Å²) in [6, 6.07) is 1.68. The van der Waals surface area contributed by atoms with Crippen molar-refractivity contribution in [1.82, 2.24) is 19.7 Å². The number of alkyl halides is 3. The van der Waals surface area contributed by atoms with Gasteiger partial charge in [-0.3, -0.25) is 9.69 Å². The summed E-state index contributed by atoms with van der Waals surface area (Å²) < 4.78 is 39.3. The molecule has 0 amide bonds. The van der Waals surface area contributed by atoms with Crippen LogP contribution in [-0.4, -0.2) is 32.8 Å². The molecule has 26 heavy (non-hydrogen) atoms. The largest absolute Gasteiger partial charge is 0.435 e. The molecule has 0 spiro atoms. The number of hydrogen-bond acceptors (Lipinski definition) is 5. The highest BCUT2D eigenvalue weighted by molar-refractivity contribution is 7.11. The molecule has 0 N–H and O–H groups in total. The van der Waals surface area contributed by atoms with Gasteiger partial charge in [0.1, 0.15) is 0 Å². The zero-order chi connectivity index (χ0) is 18.9. The third-order valence-electron chi connectivity index (χ3n) is 4.66. The van der Waals surface area contributed by atoms with E-state index >= 15 is 0 Å². The average molecular weight is 386 g/mol. The van der Waals surface area contributed by atoms with Gasteiger partial charge in [0.25, 0.3) is 5.56 Å². The van der Waals surface area contributed by atoms with Crippen LogP contribution in [0.4, 0.5) is 13.2 Å². The zero-order valence-corrected chi connectivity index (χ0v) is 15.5. The van der Waals surface area contributed by atoms with E-state index in [0.29, 0.717) is 0 Å². The molecule has 142 valence electrons. The third kappa shape index (κ3) is 4.50. The van der Waals surface area contributed by atoms with E-state index in [2.05, 4.69) is 15.0 Å². The van der Waals surface area contributed by atoms with Crippen LogP contribution in [0.3, 0.4) is 0 Å². The van der Waals surface area contributed by atoms with Crippen molar-refractivity contribution in [3.8, 4) is 0 Å². The lowest BCUT2D eigenvalue weighted by atomic mass is 9.97. The molecule has 0 unspecified atom stereocenters. The van der Waals surface area contributed by atoms with Crippen molar-refractivity contribution in [2.45, 2.75) is 46.0 Å². The highest BCUT2D eigenvalue weighted by Gasteiger charge is 2.33. The lowest BCUT2D eigenvalue weighted by Crippen LogP contribution is -2.36. The molecule has 2 aromatic rings. The number of nitrogens with zero attached hydrogens (tertiary/aromatic N) is 4. The van der Waals surface area contributed by atoms with E-state index in [0.717, 1.165) is 60.0 Å². The van der Waals surface area contributed by atoms with Crippen LogP contribution in [0.15, 0.2) is 16.9 Å². The molecule has 1 saturated heterocycles. The Morgan fingerprint density at radius 3 is 2.50 bits per heavy atom. The van der Waals surface area contributed by atoms with Gasteiger partial charge in [0.2, 0.25) is 0 Å². The number of aryl methyl sites for hydroxylation is 2. The van der Waals surface area contributed by atoms with Crippen molar-refractivity contribution in [2.24, 2.45) is 5.92 Å². The van der Waals surface area contributed by atoms with Gasteiger partial charge in [-0.05, 0) is 51.8 Å². The summed E-state index contributed by atoms with van der Waals surface area (Å²) in [6.45, 7) is 6.80. The van der Waals surface area contributed by atoms with Gasteiger partial charge in [0.05, 0.1) is 10.7 Å². The summed E-state index contributed by atoms with van der Waals surface area (Å²) in [6.07, 6.45) is -2.87. The quantitative estimate of drug-likeness (QED) is 0.810. The first-order valence-electron chi connectivity index (χ1n) is 8.53. The molecule has 9 heteroatoms. The predicted octanol–water partition coefficient (Wildman–Crippen LogP) is 3.25. The van der Waals surface area contributed by atoms with Gasteiger partial charge in [-0.25, -0.2) is 9.67 Å². The lowest BCUT2D eigenvalue weighted by molar-refractivity contribution is -0.142. The number of thiazole rings is 1. The molecule has 1 fully saturated rings. The van der Waals surface area contributed by atoms with E-state index < -0.39 is 17.4 Å². The van der Waals surface area contributed by atoms with Gasteiger partial charge in [-0.15, -0.1) is 11.3 Å². The van der Waals surface area contributed by atoms with Crippen LogP contribution in [0, 0.1) is 19.8 Å². The van der Waals surface area contributed by atoms with Crippen LogP contribution in [0.25, 0.3) is 0 Å². The second-order valence-corrected chi connectivity index (χ2v) is 7.99. The number of halogens is 3. The Kier molecular flexibility index (Phi) is 5.47. The molecule has 0 bridgehead atoms. The number of hydrogen-bond donors (Lipinski definition) is 0. The molecule has 0 radical (unpaired) electrons. The summed E-state index contributed by atoms with van der Waals surface area (Å²) in [5.74, 6) is 0.157. The van der Waals surface area contributed by atoms with Crippen LogP contribution in [-0.2, 0) is 19.3 Å². The molecule has 3 rings (SSSR count). The Labute approximate surface area is 153 Å². The summed E-state index contributed by atoms with van der Waals surface area (Å²) in [4.78, 5) is 19.9. The summed E-state index contributed by atoms with van der Waals surface area (Å²) in [5, 5.41) is 4.56. The summed E-state index contributed by atoms with van der Waals surface area (Å²) in [5.41, 5.74) is -0.448. The summed E-state index contributed by atoms with van der Waals surface area (Å²) >= 11 is 1.70. The Morgan fingerprint density at radius 1 is 1.23 bits per heavy atom. The van der Waals surface area contributed by atoms with Crippen molar-refractivity contribution >= 4 is 11.3 Å². The fourth-order valence-electron chi connectivity index (χ4n) is 3.23. The smallest absolute Gasteiger partial charge is 0.298 e. The second-order valence-electron chi connectivity index (χ2n) is 6.70. The Morgan fingerprint density at radius 2 is 1.92 bits per heavy atom. The lowest BCUT2D eigenvalue weighted by Gasteiger charge is -2.31. The monoisotopic (exact) mass is 386 g/mol. The molecule has 0 aromatic carbocycles. The van der Waals surface area contributed by atoms with Crippen LogP contribution in [0.5, 0.6) is 0 Å². The molecule has 0 atom stereocenters. The average Bonchev–Trinajstić information content (AvgIpc) is 2.87. The van der Waals surface area contributed by atoms with Gasteiger partial charge >= 0.3 is 6.18 Å². The molecule has 1 aliphatic rings. The van der Waals surface area contributed by atoms with E-state index in [9.17, 15) is 18.0 Å². The SMILES string of the molecule is Cc1nc(C)c(CN2CCC(Cn3nc(C(F)(F)F)ccc3=O)CC2)s1. The number of likely N-dealkylation sites (tertiary alicyclic amines) is 1. The van der Waals surface area contributed by atoms with Crippen molar-refractivity contribution in [2.75, 3.05) is 13.1 Å². The molecule has 1 aliphatic heterocycles. The maximum Gasteiger partial charge on any atom is 0.435 e. The van der Waals surface area contributed by atoms with Gasteiger partial charge in [0.15, 0.2) is 5.69 Å². The van der Waals surface area contributed by atoms with Gasteiger partial charge < -0.3 is 0 Å². The molecule has 0 saturated carbocycles. The van der Waals surface area contributed by atoms with E-state index in [4.69, 9.17) is 0 Å². The maximum atomic E-state index is 12.8. The standard InChI is InChI=1S/C17H21F3N4OS/c1-11-14(26-12(2)21-11)10-23-7-5-13(6-8-23)9-24-16(25)4-3-15(22-24)17(18,19)20/h3-4,13H,5-10H2,1-2H3. The van der Waals surface area contributed by atoms with E-state index in [1.54, 1.807) is 11.3 Å². The van der Waals surface area contributed by atoms with Crippen LogP contribution < -0.4 is 5.56 Å². The molecule has 5 nitrogen and oxygen atoms in total. The maximum absolute atomic E-state index is 12.8. The first kappa shape index (κ1) is 19.0. The fourth-order valence-corrected chi connectivity index (χ4v) is 4.21. The molecule has 0 aliphatic carbocycles. The normalized spacial score (nSPS) is 17.0. The second kappa shape index (κ2) is 7.48. The highest BCUT2D eigenvalue weighted by Crippen LogP contribution is 2.27. The topological polar surface area (TPSA) is 51.0 Å². The number of rotatable bonds is 4. The minimum atomic E-state index is -4.54. The Balaban J connectivity index is 1.59. The van der Waals surface area contributed by atoms with E-state index in [1.807, 2.05) is 13.8 Å². The number of aromatic nitrogens is 3. The first-order chi connectivity index (χ1) is 12.2. The molecule has 2 aromatic heterocycles. The van der Waals surface area contributed by atoms with E-state index in [1.165, 1.54) is 4.88 Å². The minimum Gasteiger partial charge on any atom is -0.298 e.